The summed E-state index contributed by atoms with van der Waals surface area (Å²) in [5.41, 5.74) is 2.16. The summed E-state index contributed by atoms with van der Waals surface area (Å²) >= 11 is 0. The van der Waals surface area contributed by atoms with E-state index in [1.165, 1.54) is 5.56 Å². The van der Waals surface area contributed by atoms with Crippen molar-refractivity contribution >= 4 is 22.6 Å². The fourth-order valence-corrected chi connectivity index (χ4v) is 3.11. The number of rotatable bonds is 2. The number of hydrogen-bond donors (Lipinski definition) is 0. The Labute approximate surface area is 136 Å². The van der Waals surface area contributed by atoms with E-state index in [9.17, 15) is 4.79 Å². The second kappa shape index (κ2) is 6.44. The molecule has 1 fully saturated rings. The van der Waals surface area contributed by atoms with Crippen LogP contribution in [0.3, 0.4) is 0 Å². The Morgan fingerprint density at radius 2 is 2.00 bits per heavy atom. The zero-order valence-corrected chi connectivity index (χ0v) is 14.0. The van der Waals surface area contributed by atoms with Gasteiger partial charge >= 0.3 is 0 Å². The molecule has 0 spiro atoms. The van der Waals surface area contributed by atoms with Crippen molar-refractivity contribution in [3.63, 3.8) is 0 Å². The predicted molar refractivity (Wildman–Crippen MR) is 92.1 cm³/mol. The molecule has 1 aliphatic heterocycles. The first kappa shape index (κ1) is 15.6. The molecule has 0 N–H and O–H groups in total. The molecule has 1 aromatic heterocycles. The van der Waals surface area contributed by atoms with E-state index in [1.807, 2.05) is 17.0 Å². The number of methoxy groups -OCH3 is 1. The van der Waals surface area contributed by atoms with Gasteiger partial charge in [0.05, 0.1) is 12.6 Å². The summed E-state index contributed by atoms with van der Waals surface area (Å²) in [7, 11) is 1.67. The summed E-state index contributed by atoms with van der Waals surface area (Å²) in [6.45, 7) is 7.08. The molecule has 1 aromatic carbocycles. The third kappa shape index (κ3) is 3.23. The van der Waals surface area contributed by atoms with Crippen molar-refractivity contribution in [3.8, 4) is 5.75 Å². The maximum atomic E-state index is 11.6. The minimum absolute atomic E-state index is 0.152. The van der Waals surface area contributed by atoms with E-state index in [1.54, 1.807) is 14.0 Å². The van der Waals surface area contributed by atoms with Crippen molar-refractivity contribution in [2.75, 3.05) is 38.2 Å². The van der Waals surface area contributed by atoms with Crippen LogP contribution in [0.1, 0.15) is 18.9 Å². The van der Waals surface area contributed by atoms with E-state index >= 15 is 0 Å². The third-order valence-electron chi connectivity index (χ3n) is 4.48. The molecule has 0 bridgehead atoms. The lowest BCUT2D eigenvalue weighted by atomic mass is 10.1. The Bertz CT molecular complexity index is 730. The van der Waals surface area contributed by atoms with Gasteiger partial charge in [0.2, 0.25) is 5.91 Å². The quantitative estimate of drug-likeness (QED) is 0.855. The van der Waals surface area contributed by atoms with Gasteiger partial charge in [0.1, 0.15) is 11.6 Å². The van der Waals surface area contributed by atoms with Gasteiger partial charge in [-0.05, 0) is 37.1 Å². The highest BCUT2D eigenvalue weighted by Crippen LogP contribution is 2.26. The topological polar surface area (TPSA) is 45.7 Å². The molecule has 1 amide bonds. The molecule has 0 atom stereocenters. The lowest BCUT2D eigenvalue weighted by molar-refractivity contribution is -0.128. The van der Waals surface area contributed by atoms with Gasteiger partial charge in [-0.3, -0.25) is 4.79 Å². The van der Waals surface area contributed by atoms with Crippen molar-refractivity contribution in [2.45, 2.75) is 20.3 Å². The van der Waals surface area contributed by atoms with E-state index in [0.717, 1.165) is 55.1 Å². The Morgan fingerprint density at radius 3 is 2.74 bits per heavy atom. The number of anilines is 1. The molecule has 2 heterocycles. The fourth-order valence-electron chi connectivity index (χ4n) is 3.11. The standard InChI is InChI=1S/C18H23N3O2/c1-13-11-18(19-17-12-15(23-3)5-6-16(13)17)21-8-4-7-20(9-10-21)14(2)22/h5-6,11-12H,4,7-10H2,1-3H3. The van der Waals surface area contributed by atoms with Crippen LogP contribution in [0.4, 0.5) is 5.82 Å². The van der Waals surface area contributed by atoms with Gasteiger partial charge in [-0.2, -0.15) is 0 Å². The van der Waals surface area contributed by atoms with Crippen LogP contribution in [0.2, 0.25) is 0 Å². The monoisotopic (exact) mass is 313 g/mol. The molecule has 0 radical (unpaired) electrons. The van der Waals surface area contributed by atoms with Crippen LogP contribution in [0.5, 0.6) is 5.75 Å². The number of hydrogen-bond acceptors (Lipinski definition) is 4. The minimum atomic E-state index is 0.152. The van der Waals surface area contributed by atoms with Crippen LogP contribution in [0.15, 0.2) is 24.3 Å². The molecule has 0 saturated carbocycles. The van der Waals surface area contributed by atoms with Gasteiger partial charge in [-0.1, -0.05) is 0 Å². The van der Waals surface area contributed by atoms with Crippen LogP contribution < -0.4 is 9.64 Å². The van der Waals surface area contributed by atoms with E-state index < -0.39 is 0 Å². The molecule has 3 rings (SSSR count). The molecule has 0 aliphatic carbocycles. The van der Waals surface area contributed by atoms with E-state index in [4.69, 9.17) is 9.72 Å². The summed E-state index contributed by atoms with van der Waals surface area (Å²) in [6.07, 6.45) is 0.969. The molecule has 23 heavy (non-hydrogen) atoms. The van der Waals surface area contributed by atoms with Crippen LogP contribution in [-0.4, -0.2) is 49.1 Å². The maximum Gasteiger partial charge on any atom is 0.219 e. The molecule has 2 aromatic rings. The zero-order valence-electron chi connectivity index (χ0n) is 14.0. The average molecular weight is 313 g/mol. The van der Waals surface area contributed by atoms with Gasteiger partial charge in [0.25, 0.3) is 0 Å². The molecule has 122 valence electrons. The van der Waals surface area contributed by atoms with Gasteiger partial charge in [-0.25, -0.2) is 4.98 Å². The number of ether oxygens (including phenoxy) is 1. The second-order valence-corrected chi connectivity index (χ2v) is 6.03. The van der Waals surface area contributed by atoms with Crippen molar-refractivity contribution in [1.82, 2.24) is 9.88 Å². The number of aromatic nitrogens is 1. The number of carbonyl (C=O) groups is 1. The zero-order chi connectivity index (χ0) is 16.4. The summed E-state index contributed by atoms with van der Waals surface area (Å²) in [5.74, 6) is 1.95. The number of aryl methyl sites for hydroxylation is 1. The molecule has 1 aliphatic rings. The van der Waals surface area contributed by atoms with Crippen LogP contribution in [0.25, 0.3) is 10.9 Å². The lowest BCUT2D eigenvalue weighted by Gasteiger charge is -2.23. The summed E-state index contributed by atoms with van der Waals surface area (Å²) in [6, 6.07) is 8.14. The summed E-state index contributed by atoms with van der Waals surface area (Å²) < 4.78 is 5.31. The van der Waals surface area contributed by atoms with Crippen molar-refractivity contribution in [1.29, 1.82) is 0 Å². The van der Waals surface area contributed by atoms with Crippen LogP contribution in [0, 0.1) is 6.92 Å². The van der Waals surface area contributed by atoms with Gasteiger partial charge in [-0.15, -0.1) is 0 Å². The first-order valence-corrected chi connectivity index (χ1v) is 8.04. The first-order chi connectivity index (χ1) is 11.1. The maximum absolute atomic E-state index is 11.6. The van der Waals surface area contributed by atoms with Crippen LogP contribution >= 0.6 is 0 Å². The Balaban J connectivity index is 1.91. The molecule has 5 nitrogen and oxygen atoms in total. The number of nitrogens with zero attached hydrogens (tertiary/aromatic N) is 3. The van der Waals surface area contributed by atoms with Crippen molar-refractivity contribution in [2.24, 2.45) is 0 Å². The largest absolute Gasteiger partial charge is 0.497 e. The fraction of sp³-hybridized carbons (Fsp3) is 0.444. The average Bonchev–Trinajstić information content (AvgIpc) is 2.80. The number of carbonyl (C=O) groups excluding carboxylic acids is 1. The molecular weight excluding hydrogens is 290 g/mol. The normalized spacial score (nSPS) is 15.6. The number of fused-ring (bicyclic) bond motifs is 1. The van der Waals surface area contributed by atoms with Crippen LogP contribution in [-0.2, 0) is 4.79 Å². The molecule has 5 heteroatoms. The number of benzene rings is 1. The summed E-state index contributed by atoms with van der Waals surface area (Å²) in [5, 5.41) is 1.15. The van der Waals surface area contributed by atoms with Crippen molar-refractivity contribution < 1.29 is 9.53 Å². The Kier molecular flexibility index (Phi) is 4.37. The predicted octanol–water partition coefficient (Wildman–Crippen LogP) is 2.61. The second-order valence-electron chi connectivity index (χ2n) is 6.03. The SMILES string of the molecule is COc1ccc2c(C)cc(N3CCCN(C(C)=O)CC3)nc2c1. The highest BCUT2D eigenvalue weighted by atomic mass is 16.5. The first-order valence-electron chi connectivity index (χ1n) is 8.04. The molecular formula is C18H23N3O2. The lowest BCUT2D eigenvalue weighted by Crippen LogP contribution is -2.33. The molecule has 0 unspecified atom stereocenters. The van der Waals surface area contributed by atoms with Gasteiger partial charge in [0.15, 0.2) is 0 Å². The van der Waals surface area contributed by atoms with Gasteiger partial charge in [0, 0.05) is 44.6 Å². The number of amides is 1. The molecule has 1 saturated heterocycles. The minimum Gasteiger partial charge on any atom is -0.497 e. The van der Waals surface area contributed by atoms with E-state index in [2.05, 4.69) is 24.0 Å². The van der Waals surface area contributed by atoms with E-state index in [0.29, 0.717) is 0 Å². The Hall–Kier alpha value is -2.30. The highest BCUT2D eigenvalue weighted by molar-refractivity contribution is 5.85. The number of pyridine rings is 1. The highest BCUT2D eigenvalue weighted by Gasteiger charge is 2.18. The van der Waals surface area contributed by atoms with E-state index in [-0.39, 0.29) is 5.91 Å². The van der Waals surface area contributed by atoms with Crippen molar-refractivity contribution in [3.05, 3.63) is 29.8 Å². The summed E-state index contributed by atoms with van der Waals surface area (Å²) in [4.78, 5) is 20.6. The van der Waals surface area contributed by atoms with Gasteiger partial charge < -0.3 is 14.5 Å². The third-order valence-corrected chi connectivity index (χ3v) is 4.48. The smallest absolute Gasteiger partial charge is 0.219 e. The Morgan fingerprint density at radius 1 is 1.17 bits per heavy atom.